The van der Waals surface area contributed by atoms with Crippen LogP contribution in [0.25, 0.3) is 0 Å². The molecule has 0 atom stereocenters. The maximum absolute atomic E-state index is 12.1. The SMILES string of the molecule is CN(C(=O)c1ccccc1)c1ccnc(Cl)c1.O=C(Nc1ccnc(Cl)c1)c1ccccc1. The number of carbonyl (C=O) groups excluding carboxylic acids is 2. The number of benzene rings is 2. The first kappa shape index (κ1) is 23.9. The summed E-state index contributed by atoms with van der Waals surface area (Å²) >= 11 is 11.5. The average molecular weight is 479 g/mol. The van der Waals surface area contributed by atoms with E-state index in [4.69, 9.17) is 23.2 Å². The number of carbonyl (C=O) groups is 2. The van der Waals surface area contributed by atoms with Crippen LogP contribution in [-0.2, 0) is 0 Å². The molecular formula is C25H20Cl2N4O2. The molecular weight excluding hydrogens is 459 g/mol. The fraction of sp³-hybridized carbons (Fsp3) is 0.0400. The molecule has 0 aliphatic rings. The van der Waals surface area contributed by atoms with Crippen LogP contribution in [0.15, 0.2) is 97.3 Å². The second kappa shape index (κ2) is 11.8. The summed E-state index contributed by atoms with van der Waals surface area (Å²) in [6.45, 7) is 0. The molecule has 0 spiro atoms. The van der Waals surface area contributed by atoms with Gasteiger partial charge in [-0.25, -0.2) is 9.97 Å². The molecule has 0 saturated carbocycles. The molecule has 0 aliphatic heterocycles. The van der Waals surface area contributed by atoms with Crippen LogP contribution in [0.5, 0.6) is 0 Å². The van der Waals surface area contributed by atoms with Gasteiger partial charge in [0.2, 0.25) is 0 Å². The van der Waals surface area contributed by atoms with E-state index in [0.29, 0.717) is 27.1 Å². The lowest BCUT2D eigenvalue weighted by Crippen LogP contribution is -2.26. The molecule has 1 N–H and O–H groups in total. The molecule has 0 unspecified atom stereocenters. The van der Waals surface area contributed by atoms with Crippen LogP contribution in [0.4, 0.5) is 11.4 Å². The molecule has 166 valence electrons. The maximum Gasteiger partial charge on any atom is 0.258 e. The van der Waals surface area contributed by atoms with Gasteiger partial charge in [-0.1, -0.05) is 59.6 Å². The molecule has 0 aliphatic carbocycles. The number of pyridine rings is 2. The maximum atomic E-state index is 12.1. The van der Waals surface area contributed by atoms with Gasteiger partial charge in [-0.15, -0.1) is 0 Å². The van der Waals surface area contributed by atoms with Gasteiger partial charge < -0.3 is 10.2 Å². The molecule has 0 bridgehead atoms. The van der Waals surface area contributed by atoms with Gasteiger partial charge in [0.25, 0.3) is 11.8 Å². The third-order valence-electron chi connectivity index (χ3n) is 4.44. The van der Waals surface area contributed by atoms with Gasteiger partial charge in [0.15, 0.2) is 0 Å². The zero-order chi connectivity index (χ0) is 23.6. The molecule has 2 amide bonds. The van der Waals surface area contributed by atoms with Gasteiger partial charge in [-0.05, 0) is 48.5 Å². The van der Waals surface area contributed by atoms with Crippen molar-refractivity contribution >= 4 is 46.4 Å². The van der Waals surface area contributed by atoms with Crippen LogP contribution < -0.4 is 10.2 Å². The summed E-state index contributed by atoms with van der Waals surface area (Å²) in [5.41, 5.74) is 2.60. The molecule has 0 fully saturated rings. The van der Waals surface area contributed by atoms with Crippen LogP contribution in [0.2, 0.25) is 10.3 Å². The van der Waals surface area contributed by atoms with E-state index in [9.17, 15) is 9.59 Å². The quantitative estimate of drug-likeness (QED) is 0.365. The third kappa shape index (κ3) is 7.14. The van der Waals surface area contributed by atoms with Gasteiger partial charge in [0.1, 0.15) is 10.3 Å². The first-order chi connectivity index (χ1) is 15.9. The summed E-state index contributed by atoms with van der Waals surface area (Å²) < 4.78 is 0. The van der Waals surface area contributed by atoms with Gasteiger partial charge >= 0.3 is 0 Å². The average Bonchev–Trinajstić information content (AvgIpc) is 2.84. The van der Waals surface area contributed by atoms with Crippen LogP contribution in [0.3, 0.4) is 0 Å². The Kier molecular flexibility index (Phi) is 8.52. The number of amides is 2. The molecule has 33 heavy (non-hydrogen) atoms. The zero-order valence-corrected chi connectivity index (χ0v) is 19.2. The van der Waals surface area contributed by atoms with E-state index in [1.807, 2.05) is 36.4 Å². The standard InChI is InChI=1S/C13H11ClN2O.C12H9ClN2O/c1-16(11-7-8-15-12(14)9-11)13(17)10-5-3-2-4-6-10;13-11-8-10(6-7-14-11)15-12(16)9-4-2-1-3-5-9/h2-9H,1H3;1-8H,(H,14,15,16). The molecule has 0 radical (unpaired) electrons. The highest BCUT2D eigenvalue weighted by Crippen LogP contribution is 2.18. The number of halogens is 2. The Labute approximate surface area is 201 Å². The summed E-state index contributed by atoms with van der Waals surface area (Å²) in [5, 5.41) is 3.46. The minimum Gasteiger partial charge on any atom is -0.322 e. The van der Waals surface area contributed by atoms with Gasteiger partial charge in [-0.3, -0.25) is 9.59 Å². The largest absolute Gasteiger partial charge is 0.322 e. The molecule has 4 aromatic rings. The molecule has 0 saturated heterocycles. The smallest absolute Gasteiger partial charge is 0.258 e. The number of hydrogen-bond acceptors (Lipinski definition) is 4. The first-order valence-electron chi connectivity index (χ1n) is 9.86. The Morgan fingerprint density at radius 1 is 0.758 bits per heavy atom. The van der Waals surface area contributed by atoms with Crippen molar-refractivity contribution in [2.24, 2.45) is 0 Å². The predicted octanol–water partition coefficient (Wildman–Crippen LogP) is 6.00. The van der Waals surface area contributed by atoms with Crippen LogP contribution in [-0.4, -0.2) is 28.8 Å². The summed E-state index contributed by atoms with van der Waals surface area (Å²) in [6, 6.07) is 24.8. The second-order valence-corrected chi connectivity index (χ2v) is 7.53. The minimum absolute atomic E-state index is 0.0760. The molecule has 8 heteroatoms. The number of rotatable bonds is 4. The Morgan fingerprint density at radius 2 is 1.30 bits per heavy atom. The number of aromatic nitrogens is 2. The topological polar surface area (TPSA) is 75.2 Å². The number of nitrogens with zero attached hydrogens (tertiary/aromatic N) is 3. The third-order valence-corrected chi connectivity index (χ3v) is 4.86. The van der Waals surface area contributed by atoms with E-state index in [1.54, 1.807) is 72.9 Å². The Morgan fingerprint density at radius 3 is 1.88 bits per heavy atom. The van der Waals surface area contributed by atoms with E-state index in [0.717, 1.165) is 5.69 Å². The monoisotopic (exact) mass is 478 g/mol. The number of nitrogens with one attached hydrogen (secondary N) is 1. The van der Waals surface area contributed by atoms with Crippen molar-refractivity contribution in [3.8, 4) is 0 Å². The second-order valence-electron chi connectivity index (χ2n) is 6.75. The summed E-state index contributed by atoms with van der Waals surface area (Å²) in [6.07, 6.45) is 3.12. The van der Waals surface area contributed by atoms with Crippen molar-refractivity contribution < 1.29 is 9.59 Å². The molecule has 2 aromatic heterocycles. The van der Waals surface area contributed by atoms with Gasteiger partial charge in [0, 0.05) is 41.9 Å². The Hall–Kier alpha value is -3.74. The lowest BCUT2D eigenvalue weighted by atomic mass is 10.2. The molecule has 6 nitrogen and oxygen atoms in total. The highest BCUT2D eigenvalue weighted by atomic mass is 35.5. The van der Waals surface area contributed by atoms with Crippen molar-refractivity contribution in [2.75, 3.05) is 17.3 Å². The lowest BCUT2D eigenvalue weighted by Gasteiger charge is -2.17. The summed E-state index contributed by atoms with van der Waals surface area (Å²) in [4.78, 5) is 33.1. The number of anilines is 2. The highest BCUT2D eigenvalue weighted by molar-refractivity contribution is 6.30. The van der Waals surface area contributed by atoms with E-state index < -0.39 is 0 Å². The van der Waals surface area contributed by atoms with Crippen molar-refractivity contribution in [1.82, 2.24) is 9.97 Å². The zero-order valence-electron chi connectivity index (χ0n) is 17.7. The first-order valence-corrected chi connectivity index (χ1v) is 10.6. The number of hydrogen-bond donors (Lipinski definition) is 1. The Bertz CT molecular complexity index is 1220. The van der Waals surface area contributed by atoms with Crippen LogP contribution in [0.1, 0.15) is 20.7 Å². The normalized spacial score (nSPS) is 9.91. The molecule has 4 rings (SSSR count). The fourth-order valence-electron chi connectivity index (χ4n) is 2.77. The fourth-order valence-corrected chi connectivity index (χ4v) is 3.11. The van der Waals surface area contributed by atoms with E-state index in [1.165, 1.54) is 0 Å². The minimum atomic E-state index is -0.164. The van der Waals surface area contributed by atoms with E-state index >= 15 is 0 Å². The van der Waals surface area contributed by atoms with E-state index in [-0.39, 0.29) is 11.8 Å². The van der Waals surface area contributed by atoms with Gasteiger partial charge in [0.05, 0.1) is 0 Å². The van der Waals surface area contributed by atoms with Crippen LogP contribution >= 0.6 is 23.2 Å². The summed E-state index contributed by atoms with van der Waals surface area (Å²) in [5.74, 6) is -0.240. The molecule has 2 aromatic carbocycles. The van der Waals surface area contributed by atoms with E-state index in [2.05, 4.69) is 15.3 Å². The van der Waals surface area contributed by atoms with Crippen molar-refractivity contribution in [3.05, 3.63) is 119 Å². The predicted molar refractivity (Wildman–Crippen MR) is 132 cm³/mol. The highest BCUT2D eigenvalue weighted by Gasteiger charge is 2.13. The lowest BCUT2D eigenvalue weighted by molar-refractivity contribution is 0.0991. The molecule has 2 heterocycles. The Balaban J connectivity index is 0.000000186. The van der Waals surface area contributed by atoms with Crippen molar-refractivity contribution in [1.29, 1.82) is 0 Å². The summed E-state index contributed by atoms with van der Waals surface area (Å²) in [7, 11) is 1.71. The van der Waals surface area contributed by atoms with Crippen LogP contribution in [0, 0.1) is 0 Å². The van der Waals surface area contributed by atoms with Crippen molar-refractivity contribution in [2.45, 2.75) is 0 Å². The van der Waals surface area contributed by atoms with Crippen molar-refractivity contribution in [3.63, 3.8) is 0 Å². The van der Waals surface area contributed by atoms with Gasteiger partial charge in [-0.2, -0.15) is 0 Å².